The zero-order valence-corrected chi connectivity index (χ0v) is 18.3. The fraction of sp³-hybridized carbons (Fsp3) is 0.579. The first-order valence-corrected chi connectivity index (χ1v) is 9.23. The van der Waals surface area contributed by atoms with Gasteiger partial charge < -0.3 is 20.7 Å². The van der Waals surface area contributed by atoms with E-state index >= 15 is 0 Å². The predicted octanol–water partition coefficient (Wildman–Crippen LogP) is 2.82. The van der Waals surface area contributed by atoms with Crippen LogP contribution in [-0.2, 0) is 4.79 Å². The summed E-state index contributed by atoms with van der Waals surface area (Å²) in [6, 6.07) is 6.67. The van der Waals surface area contributed by atoms with Gasteiger partial charge in [0.1, 0.15) is 6.10 Å². The van der Waals surface area contributed by atoms with Crippen molar-refractivity contribution in [2.45, 2.75) is 51.2 Å². The Kier molecular flexibility index (Phi) is 11.1. The molecule has 2 rings (SSSR count). The van der Waals surface area contributed by atoms with Crippen molar-refractivity contribution >= 4 is 35.8 Å². The molecule has 152 valence electrons. The van der Waals surface area contributed by atoms with Crippen molar-refractivity contribution in [3.8, 4) is 5.75 Å². The number of para-hydroxylation sites is 1. The number of halogens is 2. The van der Waals surface area contributed by atoms with Crippen LogP contribution in [-0.4, -0.2) is 44.1 Å². The topological polar surface area (TPSA) is 74.8 Å². The van der Waals surface area contributed by atoms with Crippen LogP contribution in [0.25, 0.3) is 0 Å². The SMILES string of the molecule is CN=C(NCCC(=O)NC1CCCC1)NCC(C)Oc1ccccc1F.I. The summed E-state index contributed by atoms with van der Waals surface area (Å²) in [5, 5.41) is 9.28. The number of carbonyl (C=O) groups excluding carboxylic acids is 1. The lowest BCUT2D eigenvalue weighted by Crippen LogP contribution is -2.43. The molecule has 0 saturated heterocycles. The molecular weight excluding hydrogens is 462 g/mol. The van der Waals surface area contributed by atoms with Gasteiger partial charge in [-0.3, -0.25) is 9.79 Å². The zero-order valence-electron chi connectivity index (χ0n) is 16.0. The van der Waals surface area contributed by atoms with Crippen molar-refractivity contribution in [3.05, 3.63) is 30.1 Å². The maximum absolute atomic E-state index is 13.6. The van der Waals surface area contributed by atoms with Crippen LogP contribution in [0.1, 0.15) is 39.0 Å². The molecule has 0 heterocycles. The normalized spacial score (nSPS) is 15.6. The lowest BCUT2D eigenvalue weighted by Gasteiger charge is -2.18. The summed E-state index contributed by atoms with van der Waals surface area (Å²) in [6.07, 6.45) is 4.74. The summed E-state index contributed by atoms with van der Waals surface area (Å²) in [5.41, 5.74) is 0. The van der Waals surface area contributed by atoms with Gasteiger partial charge in [0.2, 0.25) is 5.91 Å². The van der Waals surface area contributed by atoms with Crippen molar-refractivity contribution < 1.29 is 13.9 Å². The monoisotopic (exact) mass is 492 g/mol. The van der Waals surface area contributed by atoms with Crippen LogP contribution in [0.5, 0.6) is 5.75 Å². The highest BCUT2D eigenvalue weighted by atomic mass is 127. The maximum atomic E-state index is 13.6. The van der Waals surface area contributed by atoms with Crippen molar-refractivity contribution in [1.29, 1.82) is 0 Å². The Labute approximate surface area is 177 Å². The second-order valence-electron chi connectivity index (χ2n) is 6.54. The predicted molar refractivity (Wildman–Crippen MR) is 116 cm³/mol. The summed E-state index contributed by atoms with van der Waals surface area (Å²) in [4.78, 5) is 16.0. The summed E-state index contributed by atoms with van der Waals surface area (Å²) in [7, 11) is 1.66. The van der Waals surface area contributed by atoms with E-state index in [1.807, 2.05) is 6.92 Å². The first kappa shape index (κ1) is 23.5. The number of amides is 1. The minimum Gasteiger partial charge on any atom is -0.486 e. The van der Waals surface area contributed by atoms with E-state index in [9.17, 15) is 9.18 Å². The molecule has 8 heteroatoms. The Bertz CT molecular complexity index is 609. The minimum atomic E-state index is -0.380. The molecule has 27 heavy (non-hydrogen) atoms. The van der Waals surface area contributed by atoms with Crippen LogP contribution in [0, 0.1) is 5.82 Å². The van der Waals surface area contributed by atoms with E-state index in [-0.39, 0.29) is 47.6 Å². The van der Waals surface area contributed by atoms with Gasteiger partial charge in [0.25, 0.3) is 0 Å². The fourth-order valence-electron chi connectivity index (χ4n) is 2.92. The number of hydrogen-bond donors (Lipinski definition) is 3. The number of benzene rings is 1. The van der Waals surface area contributed by atoms with E-state index in [0.717, 1.165) is 12.8 Å². The molecule has 0 radical (unpaired) electrons. The van der Waals surface area contributed by atoms with Gasteiger partial charge in [-0.15, -0.1) is 24.0 Å². The van der Waals surface area contributed by atoms with E-state index in [1.54, 1.807) is 25.2 Å². The molecule has 0 bridgehead atoms. The Morgan fingerprint density at radius 1 is 1.30 bits per heavy atom. The van der Waals surface area contributed by atoms with E-state index in [4.69, 9.17) is 4.74 Å². The number of nitrogens with zero attached hydrogens (tertiary/aromatic N) is 1. The average Bonchev–Trinajstić information content (AvgIpc) is 3.12. The third kappa shape index (κ3) is 8.77. The van der Waals surface area contributed by atoms with Gasteiger partial charge in [-0.25, -0.2) is 4.39 Å². The quantitative estimate of drug-likeness (QED) is 0.297. The molecule has 1 amide bonds. The molecule has 1 saturated carbocycles. The number of nitrogens with one attached hydrogen (secondary N) is 3. The van der Waals surface area contributed by atoms with E-state index in [1.165, 1.54) is 18.9 Å². The van der Waals surface area contributed by atoms with Crippen LogP contribution < -0.4 is 20.7 Å². The third-order valence-electron chi connectivity index (χ3n) is 4.31. The largest absolute Gasteiger partial charge is 0.486 e. The first-order chi connectivity index (χ1) is 12.6. The molecule has 3 N–H and O–H groups in total. The molecule has 1 fully saturated rings. The van der Waals surface area contributed by atoms with Gasteiger partial charge in [-0.1, -0.05) is 25.0 Å². The number of ether oxygens (including phenoxy) is 1. The fourth-order valence-corrected chi connectivity index (χ4v) is 2.92. The molecular formula is C19H30FIN4O2. The maximum Gasteiger partial charge on any atom is 0.221 e. The van der Waals surface area contributed by atoms with Gasteiger partial charge in [-0.2, -0.15) is 0 Å². The number of hydrogen-bond acceptors (Lipinski definition) is 3. The highest BCUT2D eigenvalue weighted by Crippen LogP contribution is 2.17. The van der Waals surface area contributed by atoms with Gasteiger partial charge in [0.15, 0.2) is 17.5 Å². The minimum absolute atomic E-state index is 0. The van der Waals surface area contributed by atoms with E-state index < -0.39 is 0 Å². The van der Waals surface area contributed by atoms with Gasteiger partial charge in [-0.05, 0) is 31.9 Å². The first-order valence-electron chi connectivity index (χ1n) is 9.23. The lowest BCUT2D eigenvalue weighted by atomic mass is 10.2. The molecule has 0 aromatic heterocycles. The Balaban J connectivity index is 0.00000364. The number of aliphatic imine (C=N–C) groups is 1. The Hall–Kier alpha value is -1.58. The standard InChI is InChI=1S/C19H29FN4O2.HI/c1-14(26-17-10-6-5-9-16(17)20)13-23-19(21-2)22-12-11-18(25)24-15-7-3-4-8-15;/h5-6,9-10,14-15H,3-4,7-8,11-13H2,1-2H3,(H,24,25)(H2,21,22,23);1H. The molecule has 1 aliphatic carbocycles. The molecule has 1 aromatic carbocycles. The average molecular weight is 492 g/mol. The van der Waals surface area contributed by atoms with Crippen molar-refractivity contribution in [2.75, 3.05) is 20.1 Å². The zero-order chi connectivity index (χ0) is 18.8. The molecule has 1 aliphatic rings. The summed E-state index contributed by atoms with van der Waals surface area (Å²) in [6.45, 7) is 2.81. The molecule has 1 unspecified atom stereocenters. The van der Waals surface area contributed by atoms with Crippen LogP contribution in [0.2, 0.25) is 0 Å². The summed E-state index contributed by atoms with van der Waals surface area (Å²) < 4.78 is 19.2. The number of rotatable bonds is 8. The van der Waals surface area contributed by atoms with Crippen LogP contribution in [0.3, 0.4) is 0 Å². The Morgan fingerprint density at radius 2 is 2.00 bits per heavy atom. The smallest absolute Gasteiger partial charge is 0.221 e. The van der Waals surface area contributed by atoms with Crippen molar-refractivity contribution in [1.82, 2.24) is 16.0 Å². The Morgan fingerprint density at radius 3 is 2.67 bits per heavy atom. The highest BCUT2D eigenvalue weighted by Gasteiger charge is 2.16. The highest BCUT2D eigenvalue weighted by molar-refractivity contribution is 14.0. The van der Waals surface area contributed by atoms with Crippen LogP contribution >= 0.6 is 24.0 Å². The molecule has 6 nitrogen and oxygen atoms in total. The number of carbonyl (C=O) groups is 1. The van der Waals surface area contributed by atoms with Gasteiger partial charge >= 0.3 is 0 Å². The summed E-state index contributed by atoms with van der Waals surface area (Å²) >= 11 is 0. The van der Waals surface area contributed by atoms with E-state index in [0.29, 0.717) is 31.5 Å². The number of guanidine groups is 1. The van der Waals surface area contributed by atoms with Gasteiger partial charge in [0, 0.05) is 26.1 Å². The van der Waals surface area contributed by atoms with Crippen LogP contribution in [0.15, 0.2) is 29.3 Å². The second kappa shape index (κ2) is 12.7. The third-order valence-corrected chi connectivity index (χ3v) is 4.31. The molecule has 1 atom stereocenters. The van der Waals surface area contributed by atoms with Crippen molar-refractivity contribution in [2.24, 2.45) is 4.99 Å². The molecule has 0 spiro atoms. The lowest BCUT2D eigenvalue weighted by molar-refractivity contribution is -0.121. The molecule has 1 aromatic rings. The van der Waals surface area contributed by atoms with Gasteiger partial charge in [0.05, 0.1) is 6.54 Å². The van der Waals surface area contributed by atoms with Crippen molar-refractivity contribution in [3.63, 3.8) is 0 Å². The summed E-state index contributed by atoms with van der Waals surface area (Å²) in [5.74, 6) is 0.502. The molecule has 0 aliphatic heterocycles. The second-order valence-corrected chi connectivity index (χ2v) is 6.54. The van der Waals surface area contributed by atoms with E-state index in [2.05, 4.69) is 20.9 Å². The van der Waals surface area contributed by atoms with Crippen LogP contribution in [0.4, 0.5) is 4.39 Å².